The highest BCUT2D eigenvalue weighted by atomic mass is 16.5. The molecule has 2 amide bonds. The van der Waals surface area contributed by atoms with Gasteiger partial charge in [-0.2, -0.15) is 0 Å². The number of ether oxygens (including phenoxy) is 1. The number of rotatable bonds is 6. The fraction of sp³-hybridized carbons (Fsp3) is 0.632. The predicted molar refractivity (Wildman–Crippen MR) is 94.1 cm³/mol. The maximum atomic E-state index is 11.9. The van der Waals surface area contributed by atoms with E-state index < -0.39 is 0 Å². The summed E-state index contributed by atoms with van der Waals surface area (Å²) in [7, 11) is 0. The molecule has 128 valence electrons. The summed E-state index contributed by atoms with van der Waals surface area (Å²) < 4.78 is 5.66. The summed E-state index contributed by atoms with van der Waals surface area (Å²) in [5, 5.41) is 5.95. The molecule has 0 spiro atoms. The van der Waals surface area contributed by atoms with E-state index >= 15 is 0 Å². The summed E-state index contributed by atoms with van der Waals surface area (Å²) in [6.07, 6.45) is 7.24. The van der Waals surface area contributed by atoms with Gasteiger partial charge in [-0.3, -0.25) is 0 Å². The Kier molecular flexibility index (Phi) is 7.24. The van der Waals surface area contributed by atoms with E-state index in [-0.39, 0.29) is 6.03 Å². The summed E-state index contributed by atoms with van der Waals surface area (Å²) in [6.45, 7) is 5.35. The van der Waals surface area contributed by atoms with Gasteiger partial charge < -0.3 is 15.4 Å². The standard InChI is InChI=1S/C19H30N2O2/c1-15(2)16-9-11-18(12-10-16)23-14-13-20-19(22)21-17-7-5-3-4-6-8-17/h9-12,15,17H,3-8,13-14H2,1-2H3,(H2,20,21,22). The molecule has 0 atom stereocenters. The number of hydrogen-bond donors (Lipinski definition) is 2. The van der Waals surface area contributed by atoms with Crippen molar-refractivity contribution < 1.29 is 9.53 Å². The zero-order chi connectivity index (χ0) is 16.5. The Balaban J connectivity index is 1.61. The van der Waals surface area contributed by atoms with Crippen LogP contribution in [0.4, 0.5) is 4.79 Å². The molecular formula is C19H30N2O2. The summed E-state index contributed by atoms with van der Waals surface area (Å²) in [6, 6.07) is 8.41. The van der Waals surface area contributed by atoms with Crippen LogP contribution in [0.3, 0.4) is 0 Å². The van der Waals surface area contributed by atoms with Crippen LogP contribution in [-0.2, 0) is 0 Å². The topological polar surface area (TPSA) is 50.4 Å². The van der Waals surface area contributed by atoms with Crippen molar-refractivity contribution >= 4 is 6.03 Å². The summed E-state index contributed by atoms with van der Waals surface area (Å²) >= 11 is 0. The number of carbonyl (C=O) groups is 1. The van der Waals surface area contributed by atoms with Crippen molar-refractivity contribution in [2.45, 2.75) is 64.3 Å². The summed E-state index contributed by atoms with van der Waals surface area (Å²) in [4.78, 5) is 11.9. The van der Waals surface area contributed by atoms with Gasteiger partial charge in [-0.1, -0.05) is 51.7 Å². The van der Waals surface area contributed by atoms with Gasteiger partial charge in [0.05, 0.1) is 6.54 Å². The van der Waals surface area contributed by atoms with Crippen molar-refractivity contribution in [2.24, 2.45) is 0 Å². The second-order valence-corrected chi connectivity index (χ2v) is 6.66. The largest absolute Gasteiger partial charge is 0.492 e. The third-order valence-electron chi connectivity index (χ3n) is 4.39. The molecule has 0 aromatic heterocycles. The van der Waals surface area contributed by atoms with Gasteiger partial charge in [0, 0.05) is 6.04 Å². The zero-order valence-corrected chi connectivity index (χ0v) is 14.4. The Morgan fingerprint density at radius 2 is 1.78 bits per heavy atom. The minimum atomic E-state index is -0.0735. The molecule has 2 rings (SSSR count). The van der Waals surface area contributed by atoms with Crippen LogP contribution in [0.2, 0.25) is 0 Å². The molecule has 0 unspecified atom stereocenters. The Bertz CT molecular complexity index is 463. The van der Waals surface area contributed by atoms with Crippen LogP contribution in [0, 0.1) is 0 Å². The van der Waals surface area contributed by atoms with Crippen molar-refractivity contribution in [2.75, 3.05) is 13.2 Å². The maximum Gasteiger partial charge on any atom is 0.315 e. The van der Waals surface area contributed by atoms with E-state index in [1.807, 2.05) is 12.1 Å². The molecular weight excluding hydrogens is 288 g/mol. The van der Waals surface area contributed by atoms with E-state index in [4.69, 9.17) is 4.74 Å². The highest BCUT2D eigenvalue weighted by Crippen LogP contribution is 2.18. The van der Waals surface area contributed by atoms with Gasteiger partial charge in [-0.25, -0.2) is 4.79 Å². The second kappa shape index (κ2) is 9.43. The van der Waals surface area contributed by atoms with Crippen molar-refractivity contribution in [3.8, 4) is 5.75 Å². The highest BCUT2D eigenvalue weighted by molar-refractivity contribution is 5.74. The first-order chi connectivity index (χ1) is 11.1. The monoisotopic (exact) mass is 318 g/mol. The minimum absolute atomic E-state index is 0.0735. The van der Waals surface area contributed by atoms with Crippen LogP contribution in [0.25, 0.3) is 0 Å². The van der Waals surface area contributed by atoms with Crippen molar-refractivity contribution in [3.63, 3.8) is 0 Å². The zero-order valence-electron chi connectivity index (χ0n) is 14.4. The number of urea groups is 1. The molecule has 23 heavy (non-hydrogen) atoms. The quantitative estimate of drug-likeness (QED) is 0.610. The fourth-order valence-electron chi connectivity index (χ4n) is 2.94. The van der Waals surface area contributed by atoms with Crippen LogP contribution in [-0.4, -0.2) is 25.2 Å². The molecule has 0 radical (unpaired) electrons. The van der Waals surface area contributed by atoms with Crippen LogP contribution in [0.1, 0.15) is 63.9 Å². The first-order valence-corrected chi connectivity index (χ1v) is 8.92. The number of hydrogen-bond acceptors (Lipinski definition) is 2. The van der Waals surface area contributed by atoms with Crippen LogP contribution in [0.5, 0.6) is 5.75 Å². The lowest BCUT2D eigenvalue weighted by molar-refractivity contribution is 0.231. The molecule has 0 aliphatic heterocycles. The molecule has 0 bridgehead atoms. The van der Waals surface area contributed by atoms with Crippen LogP contribution >= 0.6 is 0 Å². The fourth-order valence-corrected chi connectivity index (χ4v) is 2.94. The van der Waals surface area contributed by atoms with Gasteiger partial charge in [0.1, 0.15) is 12.4 Å². The highest BCUT2D eigenvalue weighted by Gasteiger charge is 2.14. The molecule has 1 aliphatic rings. The van der Waals surface area contributed by atoms with E-state index in [0.29, 0.717) is 25.1 Å². The van der Waals surface area contributed by atoms with Gasteiger partial charge >= 0.3 is 6.03 Å². The van der Waals surface area contributed by atoms with Gasteiger partial charge in [-0.15, -0.1) is 0 Å². The third-order valence-corrected chi connectivity index (χ3v) is 4.39. The third kappa shape index (κ3) is 6.51. The molecule has 1 fully saturated rings. The molecule has 4 heteroatoms. The molecule has 1 aromatic rings. The Morgan fingerprint density at radius 3 is 2.39 bits per heavy atom. The Labute approximate surface area is 140 Å². The molecule has 0 heterocycles. The normalized spacial score (nSPS) is 16.0. The van der Waals surface area contributed by atoms with Gasteiger partial charge in [0.15, 0.2) is 0 Å². The number of benzene rings is 1. The predicted octanol–water partition coefficient (Wildman–Crippen LogP) is 4.21. The summed E-state index contributed by atoms with van der Waals surface area (Å²) in [5.41, 5.74) is 1.30. The van der Waals surface area contributed by atoms with Crippen molar-refractivity contribution in [1.82, 2.24) is 10.6 Å². The van der Waals surface area contributed by atoms with Crippen molar-refractivity contribution in [1.29, 1.82) is 0 Å². The smallest absolute Gasteiger partial charge is 0.315 e. The van der Waals surface area contributed by atoms with E-state index in [1.165, 1.54) is 31.2 Å². The first-order valence-electron chi connectivity index (χ1n) is 8.92. The maximum absolute atomic E-state index is 11.9. The summed E-state index contributed by atoms with van der Waals surface area (Å²) in [5.74, 6) is 1.37. The van der Waals surface area contributed by atoms with Crippen LogP contribution < -0.4 is 15.4 Å². The molecule has 4 nitrogen and oxygen atoms in total. The SMILES string of the molecule is CC(C)c1ccc(OCCNC(=O)NC2CCCCCC2)cc1. The average molecular weight is 318 g/mol. The number of carbonyl (C=O) groups excluding carboxylic acids is 1. The first kappa shape index (κ1) is 17.6. The van der Waals surface area contributed by atoms with Crippen LogP contribution in [0.15, 0.2) is 24.3 Å². The lowest BCUT2D eigenvalue weighted by Crippen LogP contribution is -2.43. The Hall–Kier alpha value is -1.71. The van der Waals surface area contributed by atoms with Gasteiger partial charge in [-0.05, 0) is 36.5 Å². The molecule has 1 aliphatic carbocycles. The molecule has 2 N–H and O–H groups in total. The lowest BCUT2D eigenvalue weighted by Gasteiger charge is -2.16. The molecule has 1 saturated carbocycles. The Morgan fingerprint density at radius 1 is 1.13 bits per heavy atom. The minimum Gasteiger partial charge on any atom is -0.492 e. The van der Waals surface area contributed by atoms with E-state index in [0.717, 1.165) is 18.6 Å². The van der Waals surface area contributed by atoms with E-state index in [1.54, 1.807) is 0 Å². The van der Waals surface area contributed by atoms with Crippen molar-refractivity contribution in [3.05, 3.63) is 29.8 Å². The lowest BCUT2D eigenvalue weighted by atomic mass is 10.0. The number of amides is 2. The molecule has 1 aromatic carbocycles. The van der Waals surface area contributed by atoms with Gasteiger partial charge in [0.2, 0.25) is 0 Å². The average Bonchev–Trinajstić information content (AvgIpc) is 2.80. The van der Waals surface area contributed by atoms with Gasteiger partial charge in [0.25, 0.3) is 0 Å². The number of nitrogens with one attached hydrogen (secondary N) is 2. The van der Waals surface area contributed by atoms with E-state index in [2.05, 4.69) is 36.6 Å². The van der Waals surface area contributed by atoms with E-state index in [9.17, 15) is 4.79 Å². The second-order valence-electron chi connectivity index (χ2n) is 6.66. The molecule has 0 saturated heterocycles.